The molecule has 0 aromatic carbocycles. The fourth-order valence-corrected chi connectivity index (χ4v) is 2.49. The summed E-state index contributed by atoms with van der Waals surface area (Å²) in [6.07, 6.45) is 8.29. The fourth-order valence-electron chi connectivity index (χ4n) is 2.49. The van der Waals surface area contributed by atoms with Gasteiger partial charge in [-0.1, -0.05) is 26.2 Å². The molecule has 0 spiro atoms. The van der Waals surface area contributed by atoms with Crippen LogP contribution in [-0.4, -0.2) is 30.5 Å². The van der Waals surface area contributed by atoms with Crippen molar-refractivity contribution in [3.05, 3.63) is 17.8 Å². The summed E-state index contributed by atoms with van der Waals surface area (Å²) < 4.78 is 5.46. The molecule has 1 unspecified atom stereocenters. The van der Waals surface area contributed by atoms with E-state index in [1.165, 1.54) is 19.1 Å². The van der Waals surface area contributed by atoms with Gasteiger partial charge in [0.05, 0.1) is 0 Å². The number of aromatic nitrogens is 1. The zero-order valence-electron chi connectivity index (χ0n) is 12.3. The van der Waals surface area contributed by atoms with Gasteiger partial charge < -0.3 is 15.1 Å². The molecule has 20 heavy (non-hydrogen) atoms. The molecule has 5 nitrogen and oxygen atoms in total. The summed E-state index contributed by atoms with van der Waals surface area (Å²) in [5, 5.41) is 6.22. The Morgan fingerprint density at radius 1 is 1.50 bits per heavy atom. The molecule has 112 valence electrons. The van der Waals surface area contributed by atoms with Gasteiger partial charge in [-0.2, -0.15) is 0 Å². The Hall–Kier alpha value is -1.36. The van der Waals surface area contributed by atoms with Crippen LogP contribution in [0.4, 0.5) is 0 Å². The lowest BCUT2D eigenvalue weighted by Crippen LogP contribution is -2.29. The average Bonchev–Trinajstić information content (AvgIpc) is 2.98. The third kappa shape index (κ3) is 4.34. The standard InChI is InChI=1S/C15H25N3O2/c1-2-3-4-5-9-17-14(19)13-11-20-15(18-13)12-7-6-8-16-10-12/h11-12,16H,2-10H2,1H3,(H,17,19). The summed E-state index contributed by atoms with van der Waals surface area (Å²) >= 11 is 0. The van der Waals surface area contributed by atoms with Crippen LogP contribution in [0.5, 0.6) is 0 Å². The molecule has 1 saturated heterocycles. The summed E-state index contributed by atoms with van der Waals surface area (Å²) in [4.78, 5) is 16.3. The first-order chi connectivity index (χ1) is 9.81. The smallest absolute Gasteiger partial charge is 0.273 e. The zero-order valence-corrected chi connectivity index (χ0v) is 12.3. The molecule has 1 aliphatic rings. The summed E-state index contributed by atoms with van der Waals surface area (Å²) in [6, 6.07) is 0. The predicted molar refractivity (Wildman–Crippen MR) is 77.8 cm³/mol. The van der Waals surface area contributed by atoms with Crippen LogP contribution in [-0.2, 0) is 0 Å². The summed E-state index contributed by atoms with van der Waals surface area (Å²) in [5.41, 5.74) is 0.404. The first-order valence-corrected chi connectivity index (χ1v) is 7.75. The topological polar surface area (TPSA) is 67.2 Å². The van der Waals surface area contributed by atoms with Crippen molar-refractivity contribution >= 4 is 5.91 Å². The van der Waals surface area contributed by atoms with E-state index in [2.05, 4.69) is 22.5 Å². The number of hydrogen-bond acceptors (Lipinski definition) is 4. The van der Waals surface area contributed by atoms with E-state index >= 15 is 0 Å². The van der Waals surface area contributed by atoms with Crippen LogP contribution in [0.3, 0.4) is 0 Å². The largest absolute Gasteiger partial charge is 0.448 e. The number of hydrogen-bond donors (Lipinski definition) is 2. The van der Waals surface area contributed by atoms with E-state index in [0.717, 1.165) is 38.8 Å². The van der Waals surface area contributed by atoms with E-state index in [9.17, 15) is 4.79 Å². The molecule has 0 bridgehead atoms. The highest BCUT2D eigenvalue weighted by Gasteiger charge is 2.21. The highest BCUT2D eigenvalue weighted by atomic mass is 16.3. The third-order valence-electron chi connectivity index (χ3n) is 3.72. The quantitative estimate of drug-likeness (QED) is 0.752. The Labute approximate surface area is 120 Å². The maximum Gasteiger partial charge on any atom is 0.273 e. The Balaban J connectivity index is 1.77. The molecule has 1 aromatic rings. The Morgan fingerprint density at radius 3 is 3.15 bits per heavy atom. The molecule has 2 N–H and O–H groups in total. The number of carbonyl (C=O) groups is 1. The van der Waals surface area contributed by atoms with Gasteiger partial charge in [0.15, 0.2) is 11.6 Å². The Kier molecular flexibility index (Phi) is 6.05. The van der Waals surface area contributed by atoms with Crippen molar-refractivity contribution in [3.8, 4) is 0 Å². The van der Waals surface area contributed by atoms with Crippen molar-refractivity contribution in [3.63, 3.8) is 0 Å². The highest BCUT2D eigenvalue weighted by Crippen LogP contribution is 2.22. The van der Waals surface area contributed by atoms with E-state index in [0.29, 0.717) is 24.0 Å². The van der Waals surface area contributed by atoms with Crippen LogP contribution in [0.1, 0.15) is 67.7 Å². The van der Waals surface area contributed by atoms with E-state index in [1.54, 1.807) is 0 Å². The lowest BCUT2D eigenvalue weighted by molar-refractivity contribution is 0.0948. The van der Waals surface area contributed by atoms with Crippen LogP contribution in [0.25, 0.3) is 0 Å². The van der Waals surface area contributed by atoms with Crippen molar-refractivity contribution in [2.24, 2.45) is 0 Å². The number of oxazole rings is 1. The molecule has 1 amide bonds. The maximum absolute atomic E-state index is 11.9. The van der Waals surface area contributed by atoms with Gasteiger partial charge in [0.1, 0.15) is 6.26 Å². The van der Waals surface area contributed by atoms with Gasteiger partial charge in [0, 0.05) is 19.0 Å². The normalized spacial score (nSPS) is 18.9. The van der Waals surface area contributed by atoms with E-state index in [-0.39, 0.29) is 5.91 Å². The van der Waals surface area contributed by atoms with Crippen molar-refractivity contribution in [2.75, 3.05) is 19.6 Å². The monoisotopic (exact) mass is 279 g/mol. The molecule has 1 aromatic heterocycles. The van der Waals surface area contributed by atoms with Crippen LogP contribution < -0.4 is 10.6 Å². The fraction of sp³-hybridized carbons (Fsp3) is 0.733. The second-order valence-corrected chi connectivity index (χ2v) is 5.43. The van der Waals surface area contributed by atoms with Gasteiger partial charge in [-0.3, -0.25) is 4.79 Å². The first kappa shape index (κ1) is 15.0. The van der Waals surface area contributed by atoms with Gasteiger partial charge in [-0.05, 0) is 25.8 Å². The highest BCUT2D eigenvalue weighted by molar-refractivity contribution is 5.91. The number of piperidine rings is 1. The number of rotatable bonds is 7. The molecular formula is C15H25N3O2. The van der Waals surface area contributed by atoms with Crippen molar-refractivity contribution < 1.29 is 9.21 Å². The number of unbranched alkanes of at least 4 members (excludes halogenated alkanes) is 3. The predicted octanol–water partition coefficient (Wildman–Crippen LogP) is 2.45. The number of carbonyl (C=O) groups excluding carboxylic acids is 1. The van der Waals surface area contributed by atoms with Crippen LogP contribution in [0.2, 0.25) is 0 Å². The van der Waals surface area contributed by atoms with Gasteiger partial charge in [0.2, 0.25) is 0 Å². The van der Waals surface area contributed by atoms with Crippen molar-refractivity contribution in [1.29, 1.82) is 0 Å². The molecule has 2 heterocycles. The van der Waals surface area contributed by atoms with Gasteiger partial charge >= 0.3 is 0 Å². The second-order valence-electron chi connectivity index (χ2n) is 5.43. The third-order valence-corrected chi connectivity index (χ3v) is 3.72. The van der Waals surface area contributed by atoms with Crippen LogP contribution >= 0.6 is 0 Å². The lowest BCUT2D eigenvalue weighted by atomic mass is 10.00. The molecule has 0 aliphatic carbocycles. The summed E-state index contributed by atoms with van der Waals surface area (Å²) in [7, 11) is 0. The molecule has 0 radical (unpaired) electrons. The summed E-state index contributed by atoms with van der Waals surface area (Å²) in [5.74, 6) is 0.864. The first-order valence-electron chi connectivity index (χ1n) is 7.75. The number of nitrogens with zero attached hydrogens (tertiary/aromatic N) is 1. The van der Waals surface area contributed by atoms with E-state index in [1.807, 2.05) is 0 Å². The van der Waals surface area contributed by atoms with E-state index < -0.39 is 0 Å². The van der Waals surface area contributed by atoms with Crippen molar-refractivity contribution in [1.82, 2.24) is 15.6 Å². The molecule has 1 fully saturated rings. The van der Waals surface area contributed by atoms with Crippen molar-refractivity contribution in [2.45, 2.75) is 51.4 Å². The SMILES string of the molecule is CCCCCCNC(=O)c1coc(C2CCCNC2)n1. The van der Waals surface area contributed by atoms with Crippen LogP contribution in [0.15, 0.2) is 10.7 Å². The molecule has 1 aliphatic heterocycles. The molecular weight excluding hydrogens is 254 g/mol. The minimum Gasteiger partial charge on any atom is -0.448 e. The Bertz CT molecular complexity index is 411. The van der Waals surface area contributed by atoms with Gasteiger partial charge in [-0.15, -0.1) is 0 Å². The van der Waals surface area contributed by atoms with Gasteiger partial charge in [-0.25, -0.2) is 4.98 Å². The molecule has 1 atom stereocenters. The van der Waals surface area contributed by atoms with Gasteiger partial charge in [0.25, 0.3) is 5.91 Å². The molecule has 2 rings (SSSR count). The second kappa shape index (κ2) is 8.04. The number of amides is 1. The Morgan fingerprint density at radius 2 is 2.40 bits per heavy atom. The molecule has 5 heteroatoms. The van der Waals surface area contributed by atoms with E-state index in [4.69, 9.17) is 4.42 Å². The maximum atomic E-state index is 11.9. The minimum absolute atomic E-state index is 0.125. The number of nitrogens with one attached hydrogen (secondary N) is 2. The molecule has 0 saturated carbocycles. The lowest BCUT2D eigenvalue weighted by Gasteiger charge is -2.19. The zero-order chi connectivity index (χ0) is 14.2. The average molecular weight is 279 g/mol. The summed E-state index contributed by atoms with van der Waals surface area (Å²) in [6.45, 7) is 4.84. The van der Waals surface area contributed by atoms with Crippen LogP contribution in [0, 0.1) is 0 Å². The minimum atomic E-state index is -0.125.